The van der Waals surface area contributed by atoms with Crippen LogP contribution in [0.1, 0.15) is 65.8 Å². The van der Waals surface area contributed by atoms with Gasteiger partial charge in [-0.3, -0.25) is 4.79 Å². The number of carbonyl (C=O) groups is 2. The molecule has 7 nitrogen and oxygen atoms in total. The number of hydrogen-bond acceptors (Lipinski definition) is 4. The van der Waals surface area contributed by atoms with E-state index < -0.39 is 5.97 Å². The van der Waals surface area contributed by atoms with Crippen LogP contribution in [0.3, 0.4) is 0 Å². The molecule has 0 fully saturated rings. The fourth-order valence-corrected chi connectivity index (χ4v) is 2.56. The Kier molecular flexibility index (Phi) is 5.11. The van der Waals surface area contributed by atoms with E-state index in [0.29, 0.717) is 28.3 Å². The van der Waals surface area contributed by atoms with Crippen molar-refractivity contribution in [1.82, 2.24) is 14.8 Å². The van der Waals surface area contributed by atoms with Crippen LogP contribution >= 0.6 is 0 Å². The van der Waals surface area contributed by atoms with Gasteiger partial charge in [-0.2, -0.15) is 5.10 Å². The van der Waals surface area contributed by atoms with Crippen molar-refractivity contribution in [2.24, 2.45) is 0 Å². The van der Waals surface area contributed by atoms with E-state index in [2.05, 4.69) is 15.4 Å². The fourth-order valence-electron chi connectivity index (χ4n) is 2.56. The van der Waals surface area contributed by atoms with E-state index in [9.17, 15) is 9.59 Å². The van der Waals surface area contributed by atoms with Gasteiger partial charge in [-0.25, -0.2) is 9.48 Å². The molecule has 0 saturated heterocycles. The summed E-state index contributed by atoms with van der Waals surface area (Å²) in [6.07, 6.45) is 1.41. The second kappa shape index (κ2) is 6.90. The number of aryl methyl sites for hydroxylation is 1. The van der Waals surface area contributed by atoms with Crippen LogP contribution in [0.25, 0.3) is 0 Å². The molecule has 130 valence electrons. The van der Waals surface area contributed by atoms with Crippen LogP contribution < -0.4 is 5.32 Å². The first-order chi connectivity index (χ1) is 11.2. The maximum Gasteiger partial charge on any atom is 0.340 e. The largest absolute Gasteiger partial charge is 0.459 e. The summed E-state index contributed by atoms with van der Waals surface area (Å²) in [6.45, 7) is 11.0. The molecule has 2 heterocycles. The molecule has 0 aliphatic rings. The van der Waals surface area contributed by atoms with Crippen molar-refractivity contribution in [3.63, 3.8) is 0 Å². The molecule has 2 aromatic heterocycles. The number of carbonyl (C=O) groups excluding carboxylic acids is 2. The van der Waals surface area contributed by atoms with E-state index in [1.54, 1.807) is 44.6 Å². The summed E-state index contributed by atoms with van der Waals surface area (Å²) >= 11 is 0. The molecule has 0 unspecified atom stereocenters. The van der Waals surface area contributed by atoms with Crippen molar-refractivity contribution in [3.8, 4) is 0 Å². The molecule has 0 aliphatic carbocycles. The van der Waals surface area contributed by atoms with E-state index in [1.165, 1.54) is 0 Å². The number of nitrogens with zero attached hydrogens (tertiary/aromatic N) is 2. The summed E-state index contributed by atoms with van der Waals surface area (Å²) in [6, 6.07) is 1.86. The SMILES string of the molecule is Cc1[nH]c(C(=O)Nc2ccnn2C(C)C)c(C)c1C(=O)OC(C)C. The average Bonchev–Trinajstić information content (AvgIpc) is 3.02. The van der Waals surface area contributed by atoms with Gasteiger partial charge in [0.2, 0.25) is 0 Å². The highest BCUT2D eigenvalue weighted by Crippen LogP contribution is 2.21. The lowest BCUT2D eigenvalue weighted by molar-refractivity contribution is 0.0376. The van der Waals surface area contributed by atoms with Crippen molar-refractivity contribution < 1.29 is 14.3 Å². The average molecular weight is 332 g/mol. The number of esters is 1. The quantitative estimate of drug-likeness (QED) is 0.823. The monoisotopic (exact) mass is 332 g/mol. The van der Waals surface area contributed by atoms with E-state index in [4.69, 9.17) is 4.74 Å². The minimum Gasteiger partial charge on any atom is -0.459 e. The molecule has 0 bridgehead atoms. The Morgan fingerprint density at radius 1 is 1.25 bits per heavy atom. The molecule has 0 atom stereocenters. The predicted octanol–water partition coefficient (Wildman–Crippen LogP) is 3.23. The topological polar surface area (TPSA) is 89.0 Å². The minimum atomic E-state index is -0.428. The van der Waals surface area contributed by atoms with Gasteiger partial charge in [0.15, 0.2) is 0 Å². The molecule has 0 aliphatic heterocycles. The van der Waals surface area contributed by atoms with Crippen molar-refractivity contribution in [3.05, 3.63) is 34.8 Å². The first-order valence-corrected chi connectivity index (χ1v) is 7.97. The number of anilines is 1. The number of H-pyrrole nitrogens is 1. The van der Waals surface area contributed by atoms with Gasteiger partial charge in [-0.05, 0) is 47.1 Å². The van der Waals surface area contributed by atoms with Crippen molar-refractivity contribution in [2.45, 2.75) is 53.7 Å². The zero-order chi connectivity index (χ0) is 18.0. The Labute approximate surface area is 141 Å². The third-order valence-corrected chi connectivity index (χ3v) is 3.61. The molecule has 24 heavy (non-hydrogen) atoms. The molecule has 2 N–H and O–H groups in total. The number of rotatable bonds is 5. The summed E-state index contributed by atoms with van der Waals surface area (Å²) in [5.74, 6) is -0.142. The molecule has 2 rings (SSSR count). The summed E-state index contributed by atoms with van der Waals surface area (Å²) in [5.41, 5.74) is 1.94. The van der Waals surface area contributed by atoms with Gasteiger partial charge < -0.3 is 15.0 Å². The van der Waals surface area contributed by atoms with E-state index in [0.717, 1.165) is 0 Å². The summed E-state index contributed by atoms with van der Waals surface area (Å²) < 4.78 is 6.96. The molecular weight excluding hydrogens is 308 g/mol. The lowest BCUT2D eigenvalue weighted by Gasteiger charge is -2.11. The summed E-state index contributed by atoms with van der Waals surface area (Å²) in [7, 11) is 0. The number of aromatic nitrogens is 3. The molecule has 1 amide bonds. The molecule has 7 heteroatoms. The summed E-state index contributed by atoms with van der Waals surface area (Å²) in [4.78, 5) is 27.8. The number of amides is 1. The van der Waals surface area contributed by atoms with Gasteiger partial charge in [0, 0.05) is 17.8 Å². The first-order valence-electron chi connectivity index (χ1n) is 7.97. The van der Waals surface area contributed by atoms with Crippen LogP contribution in [0.4, 0.5) is 5.82 Å². The zero-order valence-corrected chi connectivity index (χ0v) is 14.9. The van der Waals surface area contributed by atoms with Crippen LogP contribution in [0.2, 0.25) is 0 Å². The highest BCUT2D eigenvalue weighted by Gasteiger charge is 2.24. The molecule has 0 spiro atoms. The Balaban J connectivity index is 2.28. The number of aromatic amines is 1. The van der Waals surface area contributed by atoms with Crippen LogP contribution in [0.15, 0.2) is 12.3 Å². The van der Waals surface area contributed by atoms with Crippen molar-refractivity contribution >= 4 is 17.7 Å². The van der Waals surface area contributed by atoms with E-state index in [1.807, 2.05) is 13.8 Å². The van der Waals surface area contributed by atoms with Crippen LogP contribution in [0, 0.1) is 13.8 Å². The van der Waals surface area contributed by atoms with E-state index >= 15 is 0 Å². The molecule has 0 aromatic carbocycles. The normalized spacial score (nSPS) is 11.2. The lowest BCUT2D eigenvalue weighted by Crippen LogP contribution is -2.18. The van der Waals surface area contributed by atoms with Gasteiger partial charge in [0.25, 0.3) is 5.91 Å². The van der Waals surface area contributed by atoms with E-state index in [-0.39, 0.29) is 18.1 Å². The number of ether oxygens (including phenoxy) is 1. The fraction of sp³-hybridized carbons (Fsp3) is 0.471. The smallest absolute Gasteiger partial charge is 0.340 e. The Hall–Kier alpha value is -2.57. The molecule has 0 radical (unpaired) electrons. The third-order valence-electron chi connectivity index (χ3n) is 3.61. The Bertz CT molecular complexity index is 756. The minimum absolute atomic E-state index is 0.123. The van der Waals surface area contributed by atoms with Crippen molar-refractivity contribution in [2.75, 3.05) is 5.32 Å². The highest BCUT2D eigenvalue weighted by atomic mass is 16.5. The third kappa shape index (κ3) is 3.50. The van der Waals surface area contributed by atoms with Gasteiger partial charge in [-0.15, -0.1) is 0 Å². The maximum absolute atomic E-state index is 12.6. The second-order valence-corrected chi connectivity index (χ2v) is 6.29. The standard InChI is InChI=1S/C17H24N4O3/c1-9(2)21-13(7-8-18-21)20-16(22)15-11(5)14(12(6)19-15)17(23)24-10(3)4/h7-10,19H,1-6H3,(H,20,22). The van der Waals surface area contributed by atoms with Crippen LogP contribution in [-0.4, -0.2) is 32.7 Å². The van der Waals surface area contributed by atoms with Crippen LogP contribution in [-0.2, 0) is 4.74 Å². The van der Waals surface area contributed by atoms with Gasteiger partial charge in [0.05, 0.1) is 17.9 Å². The highest BCUT2D eigenvalue weighted by molar-refractivity contribution is 6.06. The molecule has 2 aromatic rings. The number of hydrogen-bond donors (Lipinski definition) is 2. The second-order valence-electron chi connectivity index (χ2n) is 6.29. The maximum atomic E-state index is 12.6. The van der Waals surface area contributed by atoms with Gasteiger partial charge in [-0.1, -0.05) is 0 Å². The van der Waals surface area contributed by atoms with Crippen molar-refractivity contribution in [1.29, 1.82) is 0 Å². The Morgan fingerprint density at radius 2 is 1.92 bits per heavy atom. The molecular formula is C17H24N4O3. The lowest BCUT2D eigenvalue weighted by atomic mass is 10.1. The zero-order valence-electron chi connectivity index (χ0n) is 14.9. The predicted molar refractivity (Wildman–Crippen MR) is 91.4 cm³/mol. The van der Waals surface area contributed by atoms with Gasteiger partial charge in [0.1, 0.15) is 11.5 Å². The first kappa shape index (κ1) is 17.8. The summed E-state index contributed by atoms with van der Waals surface area (Å²) in [5, 5.41) is 7.01. The Morgan fingerprint density at radius 3 is 2.50 bits per heavy atom. The molecule has 0 saturated carbocycles. The van der Waals surface area contributed by atoms with Crippen LogP contribution in [0.5, 0.6) is 0 Å². The number of nitrogens with one attached hydrogen (secondary N) is 2. The van der Waals surface area contributed by atoms with Gasteiger partial charge >= 0.3 is 5.97 Å².